The van der Waals surface area contributed by atoms with E-state index < -0.39 is 7.69 Å². The second kappa shape index (κ2) is 1.82. The van der Waals surface area contributed by atoms with Crippen molar-refractivity contribution in [1.29, 1.82) is 0 Å². The molecule has 0 bridgehead atoms. The van der Waals surface area contributed by atoms with Crippen LogP contribution in [0.5, 0.6) is 0 Å². The largest absolute Gasteiger partial charge is 0.448 e. The summed E-state index contributed by atoms with van der Waals surface area (Å²) in [5.74, 6) is 0. The maximum absolute atomic E-state index is 11.5. The lowest BCUT2D eigenvalue weighted by atomic mass is 10.3. The quantitative estimate of drug-likeness (QED) is 0.451. The van der Waals surface area contributed by atoms with Crippen LogP contribution in [-0.2, 0) is 0 Å². The normalized spacial score (nSPS) is 8.71. The summed E-state index contributed by atoms with van der Waals surface area (Å²) in [5.41, 5.74) is 0. The van der Waals surface area contributed by atoms with Gasteiger partial charge in [-0.2, -0.15) is 0 Å². The fraction of sp³-hybridized carbons (Fsp3) is 0. The number of aromatic nitrogens is 1. The Morgan fingerprint density at radius 3 is 2.14 bits per heavy atom. The standard InChI is InChI=1S/C4H5BFN/c6-5-7-3-1-2-4-7/h1-5H. The molecule has 0 N–H and O–H groups in total. The molecule has 0 aromatic carbocycles. The molecule has 0 spiro atoms. The van der Waals surface area contributed by atoms with Crippen LogP contribution in [-0.4, -0.2) is 12.2 Å². The van der Waals surface area contributed by atoms with Crippen LogP contribution in [0.1, 0.15) is 0 Å². The minimum Gasteiger partial charge on any atom is -0.372 e. The van der Waals surface area contributed by atoms with Crippen molar-refractivity contribution in [2.75, 3.05) is 0 Å². The molecule has 0 aliphatic carbocycles. The molecule has 0 atom stereocenters. The average Bonchev–Trinajstić information content (AvgIpc) is 2.14. The molecule has 1 aromatic rings. The van der Waals surface area contributed by atoms with E-state index in [2.05, 4.69) is 0 Å². The van der Waals surface area contributed by atoms with Gasteiger partial charge in [0, 0.05) is 0 Å². The molecule has 1 aromatic heterocycles. The Balaban J connectivity index is 2.76. The summed E-state index contributed by atoms with van der Waals surface area (Å²) in [6.07, 6.45) is 3.36. The molecule has 0 aliphatic rings. The van der Waals surface area contributed by atoms with Crippen molar-refractivity contribution in [2.24, 2.45) is 0 Å². The van der Waals surface area contributed by atoms with E-state index in [0.29, 0.717) is 0 Å². The number of rotatable bonds is 1. The van der Waals surface area contributed by atoms with Crippen molar-refractivity contribution in [2.45, 2.75) is 0 Å². The highest BCUT2D eigenvalue weighted by Gasteiger charge is 1.83. The minimum atomic E-state index is -0.424. The van der Waals surface area contributed by atoms with Gasteiger partial charge in [0.25, 0.3) is 0 Å². The van der Waals surface area contributed by atoms with Crippen molar-refractivity contribution in [3.63, 3.8) is 0 Å². The van der Waals surface area contributed by atoms with Gasteiger partial charge in [-0.05, 0) is 24.5 Å². The van der Waals surface area contributed by atoms with Gasteiger partial charge >= 0.3 is 7.69 Å². The molecular weight excluding hydrogens is 91.9 g/mol. The number of hydrogen-bond acceptors (Lipinski definition) is 0. The van der Waals surface area contributed by atoms with Crippen LogP contribution in [0.4, 0.5) is 4.32 Å². The van der Waals surface area contributed by atoms with Gasteiger partial charge in [0.05, 0.1) is 0 Å². The van der Waals surface area contributed by atoms with Crippen LogP contribution in [0.15, 0.2) is 24.5 Å². The number of hydrogen-bond donors (Lipinski definition) is 0. The predicted molar refractivity (Wildman–Crippen MR) is 28.1 cm³/mol. The van der Waals surface area contributed by atoms with Crippen molar-refractivity contribution in [3.05, 3.63) is 24.5 Å². The van der Waals surface area contributed by atoms with Gasteiger partial charge in [-0.15, -0.1) is 0 Å². The molecule has 0 saturated heterocycles. The van der Waals surface area contributed by atoms with E-state index in [-0.39, 0.29) is 0 Å². The Morgan fingerprint density at radius 1 is 1.29 bits per heavy atom. The van der Waals surface area contributed by atoms with E-state index in [9.17, 15) is 4.32 Å². The summed E-state index contributed by atoms with van der Waals surface area (Å²) < 4.78 is 13.0. The molecule has 0 aliphatic heterocycles. The van der Waals surface area contributed by atoms with E-state index in [0.717, 1.165) is 0 Å². The first-order valence-corrected chi connectivity index (χ1v) is 2.10. The van der Waals surface area contributed by atoms with Gasteiger partial charge in [0.1, 0.15) is 0 Å². The van der Waals surface area contributed by atoms with Crippen LogP contribution < -0.4 is 0 Å². The van der Waals surface area contributed by atoms with E-state index in [4.69, 9.17) is 0 Å². The maximum atomic E-state index is 11.5. The van der Waals surface area contributed by atoms with Gasteiger partial charge < -0.3 is 8.79 Å². The van der Waals surface area contributed by atoms with Crippen LogP contribution >= 0.6 is 0 Å². The van der Waals surface area contributed by atoms with Gasteiger partial charge in [-0.1, -0.05) is 0 Å². The lowest BCUT2D eigenvalue weighted by molar-refractivity contribution is 0.835. The minimum absolute atomic E-state index is 0.424. The Morgan fingerprint density at radius 2 is 1.86 bits per heavy atom. The van der Waals surface area contributed by atoms with Gasteiger partial charge in [-0.3, -0.25) is 0 Å². The summed E-state index contributed by atoms with van der Waals surface area (Å²) in [6.45, 7) is 0. The molecule has 1 rings (SSSR count). The molecule has 7 heavy (non-hydrogen) atoms. The first kappa shape index (κ1) is 4.43. The zero-order valence-electron chi connectivity index (χ0n) is 3.84. The predicted octanol–water partition coefficient (Wildman–Crippen LogP) is 0.572. The van der Waals surface area contributed by atoms with E-state index in [1.807, 2.05) is 0 Å². The van der Waals surface area contributed by atoms with Crippen molar-refractivity contribution in [1.82, 2.24) is 4.48 Å². The van der Waals surface area contributed by atoms with E-state index >= 15 is 0 Å². The smallest absolute Gasteiger partial charge is 0.372 e. The summed E-state index contributed by atoms with van der Waals surface area (Å²) in [6, 6.07) is 3.58. The monoisotopic (exact) mass is 97.0 g/mol. The molecule has 0 amide bonds. The Labute approximate surface area is 42.1 Å². The van der Waals surface area contributed by atoms with Crippen molar-refractivity contribution < 1.29 is 4.32 Å². The van der Waals surface area contributed by atoms with Crippen molar-refractivity contribution >= 4 is 7.69 Å². The maximum Gasteiger partial charge on any atom is 0.448 e. The van der Waals surface area contributed by atoms with Crippen LogP contribution in [0.2, 0.25) is 0 Å². The summed E-state index contributed by atoms with van der Waals surface area (Å²) in [5, 5.41) is 0. The van der Waals surface area contributed by atoms with Gasteiger partial charge in [0.2, 0.25) is 0 Å². The first-order valence-electron chi connectivity index (χ1n) is 2.10. The second-order valence-electron chi connectivity index (χ2n) is 1.32. The fourth-order valence-electron chi connectivity index (χ4n) is 0.450. The second-order valence-corrected chi connectivity index (χ2v) is 1.32. The highest BCUT2D eigenvalue weighted by Crippen LogP contribution is 1.83. The molecule has 0 unspecified atom stereocenters. The molecular formula is C4H5BFN. The Bertz CT molecular complexity index is 126. The molecule has 1 nitrogen and oxygen atoms in total. The highest BCUT2D eigenvalue weighted by atomic mass is 19.1. The Hall–Kier alpha value is -0.725. The Kier molecular flexibility index (Phi) is 1.15. The molecule has 36 valence electrons. The molecule has 0 radical (unpaired) electrons. The molecule has 0 fully saturated rings. The zero-order chi connectivity index (χ0) is 5.11. The SMILES string of the molecule is FBn1cccc1. The molecule has 0 saturated carbocycles. The lowest BCUT2D eigenvalue weighted by Crippen LogP contribution is -1.93. The first-order chi connectivity index (χ1) is 3.43. The summed E-state index contributed by atoms with van der Waals surface area (Å²) >= 11 is 0. The number of halogens is 1. The summed E-state index contributed by atoms with van der Waals surface area (Å²) in [4.78, 5) is 0. The van der Waals surface area contributed by atoms with Gasteiger partial charge in [-0.25, -0.2) is 0 Å². The topological polar surface area (TPSA) is 4.93 Å². The number of nitrogens with zero attached hydrogens (tertiary/aromatic N) is 1. The van der Waals surface area contributed by atoms with E-state index in [1.165, 1.54) is 4.48 Å². The van der Waals surface area contributed by atoms with Crippen LogP contribution in [0.3, 0.4) is 0 Å². The average molecular weight is 96.9 g/mol. The molecule has 1 heterocycles. The zero-order valence-corrected chi connectivity index (χ0v) is 3.84. The van der Waals surface area contributed by atoms with E-state index in [1.54, 1.807) is 24.5 Å². The van der Waals surface area contributed by atoms with Crippen molar-refractivity contribution in [3.8, 4) is 0 Å². The third-order valence-electron chi connectivity index (χ3n) is 0.804. The molecule has 3 heteroatoms. The third-order valence-corrected chi connectivity index (χ3v) is 0.804. The fourth-order valence-corrected chi connectivity index (χ4v) is 0.450. The lowest BCUT2D eigenvalue weighted by Gasteiger charge is -1.83. The van der Waals surface area contributed by atoms with Crippen LogP contribution in [0.25, 0.3) is 0 Å². The summed E-state index contributed by atoms with van der Waals surface area (Å²) in [7, 11) is -0.424. The highest BCUT2D eigenvalue weighted by molar-refractivity contribution is 6.23. The van der Waals surface area contributed by atoms with Crippen LogP contribution in [0, 0.1) is 0 Å². The third kappa shape index (κ3) is 0.826. The van der Waals surface area contributed by atoms with Gasteiger partial charge in [0.15, 0.2) is 0 Å².